The van der Waals surface area contributed by atoms with Crippen molar-refractivity contribution in [1.82, 2.24) is 0 Å². The fourth-order valence-corrected chi connectivity index (χ4v) is 2.18. The first-order valence-electron chi connectivity index (χ1n) is 7.52. The molecule has 0 saturated heterocycles. The third-order valence-corrected chi connectivity index (χ3v) is 3.38. The average Bonchev–Trinajstić information content (AvgIpc) is 2.62. The van der Waals surface area contributed by atoms with Gasteiger partial charge in [0.1, 0.15) is 23.7 Å². The Morgan fingerprint density at radius 1 is 0.800 bits per heavy atom. The quantitative estimate of drug-likeness (QED) is 0.754. The molecule has 0 radical (unpaired) electrons. The Morgan fingerprint density at radius 2 is 1.40 bits per heavy atom. The normalized spacial score (nSPS) is 9.88. The highest BCUT2D eigenvalue weighted by Gasteiger charge is 2.14. The predicted molar refractivity (Wildman–Crippen MR) is 94.4 cm³/mol. The molecule has 0 fully saturated rings. The summed E-state index contributed by atoms with van der Waals surface area (Å²) in [6, 6.07) is 11.9. The Kier molecular flexibility index (Phi) is 6.22. The molecular weight excluding hydrogens is 324 g/mol. The number of ether oxygens (including phenoxy) is 3. The van der Waals surface area contributed by atoms with E-state index in [2.05, 4.69) is 10.6 Å². The highest BCUT2D eigenvalue weighted by atomic mass is 16.5. The minimum absolute atomic E-state index is 0.340. The molecule has 2 aromatic rings. The molecule has 7 heteroatoms. The van der Waals surface area contributed by atoms with E-state index < -0.39 is 11.8 Å². The molecule has 0 aliphatic carbocycles. The monoisotopic (exact) mass is 344 g/mol. The van der Waals surface area contributed by atoms with Crippen molar-refractivity contribution in [3.05, 3.63) is 42.5 Å². The molecule has 0 heterocycles. The van der Waals surface area contributed by atoms with Gasteiger partial charge in [-0.25, -0.2) is 0 Å². The molecule has 0 aliphatic heterocycles. The van der Waals surface area contributed by atoms with Gasteiger partial charge in [0.2, 0.25) is 11.8 Å². The highest BCUT2D eigenvalue weighted by Crippen LogP contribution is 2.29. The Balaban J connectivity index is 1.99. The molecule has 132 valence electrons. The van der Waals surface area contributed by atoms with Crippen molar-refractivity contribution in [3.8, 4) is 17.2 Å². The van der Waals surface area contributed by atoms with E-state index in [9.17, 15) is 9.59 Å². The van der Waals surface area contributed by atoms with E-state index in [4.69, 9.17) is 14.2 Å². The Hall–Kier alpha value is -3.22. The maximum atomic E-state index is 12.1. The first-order chi connectivity index (χ1) is 12.1. The summed E-state index contributed by atoms with van der Waals surface area (Å²) in [4.78, 5) is 24.2. The van der Waals surface area contributed by atoms with Gasteiger partial charge in [-0.1, -0.05) is 12.1 Å². The summed E-state index contributed by atoms with van der Waals surface area (Å²) in [5.41, 5.74) is 0.961. The van der Waals surface area contributed by atoms with Crippen LogP contribution in [0.3, 0.4) is 0 Å². The lowest BCUT2D eigenvalue weighted by molar-refractivity contribution is -0.123. The second-order valence-corrected chi connectivity index (χ2v) is 5.04. The molecule has 2 rings (SSSR count). The van der Waals surface area contributed by atoms with Gasteiger partial charge < -0.3 is 24.8 Å². The van der Waals surface area contributed by atoms with Crippen molar-refractivity contribution in [2.75, 3.05) is 32.0 Å². The van der Waals surface area contributed by atoms with Crippen molar-refractivity contribution in [3.63, 3.8) is 0 Å². The summed E-state index contributed by atoms with van der Waals surface area (Å²) in [5.74, 6) is 0.653. The fraction of sp³-hybridized carbons (Fsp3) is 0.222. The third-order valence-electron chi connectivity index (χ3n) is 3.38. The molecule has 0 spiro atoms. The maximum absolute atomic E-state index is 12.1. The zero-order valence-electron chi connectivity index (χ0n) is 14.3. The molecular formula is C18H20N2O5. The first kappa shape index (κ1) is 18.1. The lowest BCUT2D eigenvalue weighted by Crippen LogP contribution is -2.21. The van der Waals surface area contributed by atoms with Gasteiger partial charge in [-0.05, 0) is 24.3 Å². The lowest BCUT2D eigenvalue weighted by Gasteiger charge is -2.12. The van der Waals surface area contributed by atoms with E-state index in [0.29, 0.717) is 28.6 Å². The molecule has 0 unspecified atom stereocenters. The van der Waals surface area contributed by atoms with Gasteiger partial charge in [0.05, 0.1) is 32.7 Å². The van der Waals surface area contributed by atoms with E-state index in [1.54, 1.807) is 42.5 Å². The number of anilines is 2. The van der Waals surface area contributed by atoms with E-state index in [-0.39, 0.29) is 6.42 Å². The van der Waals surface area contributed by atoms with Crippen LogP contribution >= 0.6 is 0 Å². The van der Waals surface area contributed by atoms with Gasteiger partial charge in [-0.3, -0.25) is 9.59 Å². The van der Waals surface area contributed by atoms with E-state index in [1.165, 1.54) is 21.3 Å². The molecule has 0 aliphatic rings. The molecule has 2 aromatic carbocycles. The number of hydrogen-bond acceptors (Lipinski definition) is 5. The van der Waals surface area contributed by atoms with Crippen LogP contribution in [0.2, 0.25) is 0 Å². The molecule has 2 amide bonds. The largest absolute Gasteiger partial charge is 0.497 e. The number of rotatable bonds is 7. The number of methoxy groups -OCH3 is 3. The third kappa shape index (κ3) is 4.87. The fourth-order valence-electron chi connectivity index (χ4n) is 2.18. The molecule has 0 bridgehead atoms. The van der Waals surface area contributed by atoms with Crippen LogP contribution in [0, 0.1) is 0 Å². The molecule has 25 heavy (non-hydrogen) atoms. The highest BCUT2D eigenvalue weighted by molar-refractivity contribution is 6.08. The second-order valence-electron chi connectivity index (χ2n) is 5.04. The van der Waals surface area contributed by atoms with Crippen LogP contribution in [0.25, 0.3) is 0 Å². The van der Waals surface area contributed by atoms with Gasteiger partial charge >= 0.3 is 0 Å². The summed E-state index contributed by atoms with van der Waals surface area (Å²) in [7, 11) is 4.53. The number of benzene rings is 2. The first-order valence-corrected chi connectivity index (χ1v) is 7.52. The smallest absolute Gasteiger partial charge is 0.233 e. The zero-order chi connectivity index (χ0) is 18.2. The molecule has 0 saturated carbocycles. The lowest BCUT2D eigenvalue weighted by atomic mass is 10.2. The zero-order valence-corrected chi connectivity index (χ0v) is 14.3. The van der Waals surface area contributed by atoms with Gasteiger partial charge in [-0.15, -0.1) is 0 Å². The second kappa shape index (κ2) is 8.58. The summed E-state index contributed by atoms with van der Waals surface area (Å²) in [6.45, 7) is 0. The number of para-hydroxylation sites is 2. The van der Waals surface area contributed by atoms with Crippen molar-refractivity contribution in [2.24, 2.45) is 0 Å². The van der Waals surface area contributed by atoms with Gasteiger partial charge in [-0.2, -0.15) is 0 Å². The minimum atomic E-state index is -0.462. The standard InChI is InChI=1S/C18H20N2O5/c1-23-12-8-9-14(16(10-12)25-3)20-18(22)11-17(21)19-13-6-4-5-7-15(13)24-2/h4-10H,11H2,1-3H3,(H,19,21)(H,20,22). The Morgan fingerprint density at radius 3 is 2.00 bits per heavy atom. The SMILES string of the molecule is COc1ccc(NC(=O)CC(=O)Nc2ccccc2OC)c(OC)c1. The summed E-state index contributed by atoms with van der Waals surface area (Å²) in [6.07, 6.45) is -0.340. The van der Waals surface area contributed by atoms with E-state index in [1.807, 2.05) is 0 Å². The van der Waals surface area contributed by atoms with Crippen molar-refractivity contribution in [2.45, 2.75) is 6.42 Å². The summed E-state index contributed by atoms with van der Waals surface area (Å²) in [5, 5.41) is 5.30. The number of hydrogen-bond donors (Lipinski definition) is 2. The minimum Gasteiger partial charge on any atom is -0.497 e. The van der Waals surface area contributed by atoms with Crippen molar-refractivity contribution < 1.29 is 23.8 Å². The van der Waals surface area contributed by atoms with Crippen LogP contribution in [-0.2, 0) is 9.59 Å². The Bertz CT molecular complexity index is 761. The molecule has 0 aromatic heterocycles. The summed E-state index contributed by atoms with van der Waals surface area (Å²) >= 11 is 0. The molecule has 0 atom stereocenters. The maximum Gasteiger partial charge on any atom is 0.233 e. The van der Waals surface area contributed by atoms with Crippen LogP contribution in [0.15, 0.2) is 42.5 Å². The van der Waals surface area contributed by atoms with Gasteiger partial charge in [0.15, 0.2) is 0 Å². The van der Waals surface area contributed by atoms with Crippen LogP contribution < -0.4 is 24.8 Å². The molecule has 2 N–H and O–H groups in total. The molecule has 7 nitrogen and oxygen atoms in total. The van der Waals surface area contributed by atoms with Crippen LogP contribution in [0.5, 0.6) is 17.2 Å². The topological polar surface area (TPSA) is 85.9 Å². The van der Waals surface area contributed by atoms with Crippen molar-refractivity contribution >= 4 is 23.2 Å². The van der Waals surface area contributed by atoms with Crippen LogP contribution in [0.1, 0.15) is 6.42 Å². The number of nitrogens with one attached hydrogen (secondary N) is 2. The average molecular weight is 344 g/mol. The number of amides is 2. The summed E-state index contributed by atoms with van der Waals surface area (Å²) < 4.78 is 15.5. The van der Waals surface area contributed by atoms with Crippen molar-refractivity contribution in [1.29, 1.82) is 0 Å². The van der Waals surface area contributed by atoms with E-state index >= 15 is 0 Å². The van der Waals surface area contributed by atoms with E-state index in [0.717, 1.165) is 0 Å². The van der Waals surface area contributed by atoms with Crippen LogP contribution in [-0.4, -0.2) is 33.1 Å². The Labute approximate surface area is 145 Å². The number of carbonyl (C=O) groups excluding carboxylic acids is 2. The predicted octanol–water partition coefficient (Wildman–Crippen LogP) is 2.68. The van der Waals surface area contributed by atoms with Gasteiger partial charge in [0, 0.05) is 6.07 Å². The number of carbonyl (C=O) groups is 2. The van der Waals surface area contributed by atoms with Gasteiger partial charge in [0.25, 0.3) is 0 Å². The van der Waals surface area contributed by atoms with Crippen LogP contribution in [0.4, 0.5) is 11.4 Å².